The molecule has 0 unspecified atom stereocenters. The van der Waals surface area contributed by atoms with Gasteiger partial charge in [-0.05, 0) is 61.6 Å². The van der Waals surface area contributed by atoms with Crippen LogP contribution in [0.4, 0.5) is 5.69 Å². The van der Waals surface area contributed by atoms with Gasteiger partial charge in [-0.2, -0.15) is 0 Å². The fourth-order valence-corrected chi connectivity index (χ4v) is 7.98. The van der Waals surface area contributed by atoms with E-state index in [-0.39, 0.29) is 44.5 Å². The number of aliphatic hydroxyl groups is 1. The summed E-state index contributed by atoms with van der Waals surface area (Å²) >= 11 is 9.79. The Balaban J connectivity index is 1.43. The highest BCUT2D eigenvalue weighted by atomic mass is 79.9. The Hall–Kier alpha value is -3.51. The molecule has 6 atom stereocenters. The lowest BCUT2D eigenvalue weighted by Crippen LogP contribution is -2.56. The zero-order valence-electron chi connectivity index (χ0n) is 25.7. The molecule has 4 aliphatic heterocycles. The van der Waals surface area contributed by atoms with Gasteiger partial charge >= 0.3 is 5.97 Å². The molecule has 4 heterocycles. The molecule has 4 aliphatic rings. The number of carbonyl (C=O) groups is 4. The number of halogens is 2. The summed E-state index contributed by atoms with van der Waals surface area (Å²) in [6, 6.07) is 14.4. The first-order chi connectivity index (χ1) is 22.7. The minimum atomic E-state index is -1.40. The number of hydrogen-bond acceptors (Lipinski definition) is 7. The first-order valence-corrected chi connectivity index (χ1v) is 17.1. The third-order valence-electron chi connectivity index (χ3n) is 9.32. The van der Waals surface area contributed by atoms with E-state index >= 15 is 0 Å². The van der Waals surface area contributed by atoms with Gasteiger partial charge in [0.25, 0.3) is 5.91 Å². The third kappa shape index (κ3) is 6.50. The van der Waals surface area contributed by atoms with E-state index in [0.29, 0.717) is 40.9 Å². The zero-order valence-corrected chi connectivity index (χ0v) is 28.1. The van der Waals surface area contributed by atoms with E-state index in [1.165, 1.54) is 0 Å². The maximum atomic E-state index is 14.9. The van der Waals surface area contributed by atoms with Crippen molar-refractivity contribution in [2.75, 3.05) is 31.2 Å². The maximum Gasteiger partial charge on any atom is 0.306 e. The van der Waals surface area contributed by atoms with Crippen molar-refractivity contribution < 1.29 is 33.8 Å². The summed E-state index contributed by atoms with van der Waals surface area (Å²) in [5, 5.41) is 12.9. The van der Waals surface area contributed by atoms with E-state index in [4.69, 9.17) is 21.1 Å². The molecular formula is C35H37BrClN3O7. The molecule has 2 saturated heterocycles. The Bertz CT molecular complexity index is 1570. The monoisotopic (exact) mass is 725 g/mol. The van der Waals surface area contributed by atoms with Crippen molar-refractivity contribution in [1.29, 1.82) is 0 Å². The number of allylic oxidation sites excluding steroid dienone is 1. The first kappa shape index (κ1) is 33.4. The van der Waals surface area contributed by atoms with Crippen molar-refractivity contribution in [3.8, 4) is 0 Å². The fraction of sp³-hybridized carbons (Fsp3) is 0.429. The molecule has 47 heavy (non-hydrogen) atoms. The normalized spacial score (nSPS) is 30.2. The van der Waals surface area contributed by atoms with Crippen molar-refractivity contribution in [1.82, 2.24) is 10.2 Å². The van der Waals surface area contributed by atoms with Crippen LogP contribution in [0.2, 0.25) is 5.02 Å². The first-order valence-electron chi connectivity index (χ1n) is 16.0. The number of unbranched alkanes of at least 4 members (excludes halogenated alkanes) is 2. The summed E-state index contributed by atoms with van der Waals surface area (Å²) in [4.78, 5) is 59.4. The number of nitrogens with zero attached hydrogens (tertiary/aromatic N) is 2. The van der Waals surface area contributed by atoms with E-state index in [2.05, 4.69) is 21.2 Å². The summed E-state index contributed by atoms with van der Waals surface area (Å²) in [5.74, 6) is -3.45. The van der Waals surface area contributed by atoms with E-state index in [0.717, 1.165) is 5.56 Å². The summed E-state index contributed by atoms with van der Waals surface area (Å²) in [7, 11) is 0. The van der Waals surface area contributed by atoms with Crippen LogP contribution in [0.25, 0.3) is 0 Å². The van der Waals surface area contributed by atoms with Gasteiger partial charge < -0.3 is 29.7 Å². The number of benzene rings is 2. The molecule has 0 radical (unpaired) electrons. The molecule has 2 aromatic carbocycles. The lowest BCUT2D eigenvalue weighted by molar-refractivity contribution is -0.145. The van der Waals surface area contributed by atoms with Crippen molar-refractivity contribution in [2.45, 2.75) is 55.9 Å². The molecule has 1 spiro atoms. The van der Waals surface area contributed by atoms with Crippen LogP contribution in [-0.2, 0) is 28.7 Å². The van der Waals surface area contributed by atoms with Gasteiger partial charge in [0.2, 0.25) is 11.8 Å². The number of rotatable bonds is 7. The lowest BCUT2D eigenvalue weighted by atomic mass is 9.74. The second-order valence-electron chi connectivity index (χ2n) is 12.2. The van der Waals surface area contributed by atoms with Gasteiger partial charge in [0.1, 0.15) is 24.4 Å². The average Bonchev–Trinajstić information content (AvgIpc) is 3.66. The average molecular weight is 727 g/mol. The van der Waals surface area contributed by atoms with Crippen LogP contribution < -0.4 is 10.2 Å². The predicted molar refractivity (Wildman–Crippen MR) is 178 cm³/mol. The highest BCUT2D eigenvalue weighted by Crippen LogP contribution is 2.58. The highest BCUT2D eigenvalue weighted by molar-refractivity contribution is 9.11. The minimum Gasteiger partial charge on any atom is -0.463 e. The molecule has 6 rings (SSSR count). The molecule has 3 amide bonds. The number of carbonyl (C=O) groups excluding carboxylic acids is 4. The molecule has 0 aliphatic carbocycles. The van der Waals surface area contributed by atoms with Crippen LogP contribution in [0.1, 0.15) is 43.7 Å². The Morgan fingerprint density at radius 1 is 0.979 bits per heavy atom. The quantitative estimate of drug-likeness (QED) is 0.245. The topological polar surface area (TPSA) is 125 Å². The van der Waals surface area contributed by atoms with Gasteiger partial charge in [-0.3, -0.25) is 19.2 Å². The summed E-state index contributed by atoms with van der Waals surface area (Å²) in [6.45, 7) is 0.363. The number of fused-ring (bicyclic) bond motifs is 2. The molecule has 12 heteroatoms. The van der Waals surface area contributed by atoms with Crippen LogP contribution in [0, 0.1) is 11.8 Å². The van der Waals surface area contributed by atoms with Gasteiger partial charge in [0.05, 0.1) is 17.9 Å². The maximum absolute atomic E-state index is 14.9. The Labute approximate surface area is 286 Å². The van der Waals surface area contributed by atoms with Crippen molar-refractivity contribution in [2.24, 2.45) is 11.8 Å². The molecule has 2 aromatic rings. The van der Waals surface area contributed by atoms with Crippen LogP contribution in [0.3, 0.4) is 0 Å². The fourth-order valence-electron chi connectivity index (χ4n) is 7.12. The number of esters is 1. The molecule has 2 N–H and O–H groups in total. The molecule has 5 bridgehead atoms. The van der Waals surface area contributed by atoms with Crippen LogP contribution in [0.5, 0.6) is 0 Å². The van der Waals surface area contributed by atoms with Gasteiger partial charge in [0.15, 0.2) is 0 Å². The molecule has 0 saturated carbocycles. The van der Waals surface area contributed by atoms with Crippen LogP contribution >= 0.6 is 27.5 Å². The second kappa shape index (κ2) is 14.3. The molecule has 2 fully saturated rings. The van der Waals surface area contributed by atoms with Gasteiger partial charge in [0, 0.05) is 41.3 Å². The van der Waals surface area contributed by atoms with Crippen molar-refractivity contribution in [3.05, 3.63) is 87.9 Å². The summed E-state index contributed by atoms with van der Waals surface area (Å²) < 4.78 is 12.8. The number of hydrogen-bond donors (Lipinski definition) is 2. The Kier molecular flexibility index (Phi) is 10.2. The minimum absolute atomic E-state index is 0.0279. The van der Waals surface area contributed by atoms with Gasteiger partial charge in [-0.1, -0.05) is 70.0 Å². The van der Waals surface area contributed by atoms with Crippen molar-refractivity contribution in [3.63, 3.8) is 0 Å². The van der Waals surface area contributed by atoms with Gasteiger partial charge in [-0.25, -0.2) is 0 Å². The Morgan fingerprint density at radius 3 is 2.49 bits per heavy atom. The van der Waals surface area contributed by atoms with Crippen LogP contribution in [0.15, 0.2) is 77.3 Å². The molecule has 10 nitrogen and oxygen atoms in total. The number of ether oxygens (including phenoxy) is 2. The van der Waals surface area contributed by atoms with Gasteiger partial charge in [-0.15, -0.1) is 0 Å². The Morgan fingerprint density at radius 2 is 1.74 bits per heavy atom. The molecular weight excluding hydrogens is 690 g/mol. The van der Waals surface area contributed by atoms with Crippen LogP contribution in [-0.4, -0.2) is 77.7 Å². The standard InChI is InChI=1S/C35H37BrClN3O7/c36-25-20-35-29-28(30(25)47-35)32(43)38-26(22-10-4-1-5-11-22)21-46-27(42)12-6-2-7-17-39(24-15-13-23(37)14-16-24)34(45)31(35)40(33(29)44)18-8-3-9-19-41/h1-2,4-5,7,10-11,13-16,20,26,28-31,41H,3,6,8-9,12,17-19,21H2,(H,38,43)/b7-2-/t26-,28-,29+,30-,31-,35+/m0/s1. The molecule has 248 valence electrons. The number of likely N-dealkylation sites (tertiary alicyclic amines) is 1. The smallest absolute Gasteiger partial charge is 0.306 e. The SMILES string of the molecule is O=C1CC/C=C\CN(c2ccc(Cl)cc2)C(=O)[C@@H]2N(CCCCCO)C(=O)[C@H]3[C@H](C(=O)N[C@H](c4ccccc4)CO1)[C@H]1O[C@@]23C=C1Br. The number of nitrogens with one attached hydrogen (secondary N) is 1. The lowest BCUT2D eigenvalue weighted by Gasteiger charge is -2.36. The predicted octanol–water partition coefficient (Wildman–Crippen LogP) is 4.46. The zero-order chi connectivity index (χ0) is 33.1. The third-order valence-corrected chi connectivity index (χ3v) is 10.3. The number of amides is 3. The van der Waals surface area contributed by atoms with E-state index in [9.17, 15) is 24.3 Å². The largest absolute Gasteiger partial charge is 0.463 e. The number of anilines is 1. The number of aliphatic hydroxyl groups excluding tert-OH is 1. The highest BCUT2D eigenvalue weighted by Gasteiger charge is 2.74. The summed E-state index contributed by atoms with van der Waals surface area (Å²) in [6.07, 6.45) is 6.95. The van der Waals surface area contributed by atoms with E-state index in [1.54, 1.807) is 40.1 Å². The van der Waals surface area contributed by atoms with Crippen molar-refractivity contribution >= 4 is 56.9 Å². The second-order valence-corrected chi connectivity index (χ2v) is 13.6. The van der Waals surface area contributed by atoms with E-state index in [1.807, 2.05) is 42.5 Å². The molecule has 0 aromatic heterocycles. The number of cyclic esters (lactones) is 1. The van der Waals surface area contributed by atoms with E-state index < -0.39 is 47.5 Å². The summed E-state index contributed by atoms with van der Waals surface area (Å²) in [5.41, 5.74) is -0.0764.